The second kappa shape index (κ2) is 4.73. The first-order valence-corrected chi connectivity index (χ1v) is 5.04. The number of rotatable bonds is 3. The maximum atomic E-state index is 12.0. The summed E-state index contributed by atoms with van der Waals surface area (Å²) in [6.07, 6.45) is 0. The first kappa shape index (κ1) is 12.2. The number of alkyl halides is 2. The van der Waals surface area contributed by atoms with Crippen LogP contribution in [-0.4, -0.2) is 12.4 Å². The van der Waals surface area contributed by atoms with Crippen molar-refractivity contribution in [3.05, 3.63) is 21.3 Å². The molecule has 0 fully saturated rings. The van der Waals surface area contributed by atoms with Crippen LogP contribution in [0.2, 0.25) is 0 Å². The van der Waals surface area contributed by atoms with E-state index in [1.807, 2.05) is 22.6 Å². The minimum Gasteiger partial charge on any atom is -0.433 e. The van der Waals surface area contributed by atoms with Crippen LogP contribution in [0.3, 0.4) is 0 Å². The van der Waals surface area contributed by atoms with Gasteiger partial charge in [-0.1, -0.05) is 0 Å². The molecule has 0 aliphatic rings. The first-order chi connectivity index (χ1) is 6.91. The number of nitrogen functional groups attached to an aromatic ring is 1. The van der Waals surface area contributed by atoms with Crippen LogP contribution in [0.1, 0.15) is 17.3 Å². The van der Waals surface area contributed by atoms with Crippen LogP contribution in [0.5, 0.6) is 5.75 Å². The molecule has 0 amide bonds. The Kier molecular flexibility index (Phi) is 3.83. The molecule has 1 rings (SSSR count). The van der Waals surface area contributed by atoms with Gasteiger partial charge in [-0.05, 0) is 41.6 Å². The summed E-state index contributed by atoms with van der Waals surface area (Å²) in [5.74, 6) is -0.394. The van der Waals surface area contributed by atoms with Crippen molar-refractivity contribution in [3.8, 4) is 5.75 Å². The highest BCUT2D eigenvalue weighted by Crippen LogP contribution is 2.30. The number of halogens is 3. The molecule has 0 aliphatic heterocycles. The van der Waals surface area contributed by atoms with E-state index in [-0.39, 0.29) is 17.2 Å². The van der Waals surface area contributed by atoms with Crippen LogP contribution in [0.25, 0.3) is 0 Å². The van der Waals surface area contributed by atoms with Crippen LogP contribution in [0, 0.1) is 3.57 Å². The number of hydrogen-bond donors (Lipinski definition) is 1. The molecule has 82 valence electrons. The SMILES string of the molecule is CC(=O)c1cc(I)c(N)c(OC(F)F)c1. The predicted octanol–water partition coefficient (Wildman–Crippen LogP) is 2.68. The number of hydrogen-bond acceptors (Lipinski definition) is 3. The minimum absolute atomic E-state index is 0.112. The molecule has 0 radical (unpaired) electrons. The molecule has 0 saturated carbocycles. The van der Waals surface area contributed by atoms with E-state index in [1.54, 1.807) is 0 Å². The van der Waals surface area contributed by atoms with Gasteiger partial charge in [-0.15, -0.1) is 0 Å². The van der Waals surface area contributed by atoms with Gasteiger partial charge < -0.3 is 10.5 Å². The van der Waals surface area contributed by atoms with Gasteiger partial charge >= 0.3 is 6.61 Å². The summed E-state index contributed by atoms with van der Waals surface area (Å²) in [5.41, 5.74) is 5.93. The summed E-state index contributed by atoms with van der Waals surface area (Å²) in [6.45, 7) is -1.61. The van der Waals surface area contributed by atoms with Crippen LogP contribution < -0.4 is 10.5 Å². The molecule has 6 heteroatoms. The summed E-state index contributed by atoms with van der Waals surface area (Å²) in [7, 11) is 0. The zero-order valence-electron chi connectivity index (χ0n) is 7.76. The van der Waals surface area contributed by atoms with Crippen molar-refractivity contribution in [2.45, 2.75) is 13.5 Å². The summed E-state index contributed by atoms with van der Waals surface area (Å²) in [4.78, 5) is 11.1. The smallest absolute Gasteiger partial charge is 0.387 e. The number of carbonyl (C=O) groups excluding carboxylic acids is 1. The largest absolute Gasteiger partial charge is 0.433 e. The predicted molar refractivity (Wildman–Crippen MR) is 60.2 cm³/mol. The molecule has 0 spiro atoms. The van der Waals surface area contributed by atoms with Gasteiger partial charge in [-0.3, -0.25) is 4.79 Å². The van der Waals surface area contributed by atoms with Gasteiger partial charge in [0.1, 0.15) is 0 Å². The monoisotopic (exact) mass is 327 g/mol. The quantitative estimate of drug-likeness (QED) is 0.528. The third-order valence-electron chi connectivity index (χ3n) is 1.71. The van der Waals surface area contributed by atoms with Gasteiger partial charge in [0.2, 0.25) is 0 Å². The molecular formula is C9H8F2INO2. The molecule has 0 atom stereocenters. The summed E-state index contributed by atoms with van der Waals surface area (Å²) in [6, 6.07) is 2.74. The number of nitrogens with two attached hydrogens (primary N) is 1. The Balaban J connectivity index is 3.19. The van der Waals surface area contributed by atoms with E-state index in [9.17, 15) is 13.6 Å². The standard InChI is InChI=1S/C9H8F2INO2/c1-4(14)5-2-6(12)8(13)7(3-5)15-9(10)11/h2-3,9H,13H2,1H3. The third-order valence-corrected chi connectivity index (χ3v) is 2.61. The zero-order chi connectivity index (χ0) is 11.6. The van der Waals surface area contributed by atoms with E-state index in [0.717, 1.165) is 0 Å². The Morgan fingerprint density at radius 3 is 2.60 bits per heavy atom. The Hall–Kier alpha value is -0.920. The van der Waals surface area contributed by atoms with E-state index in [4.69, 9.17) is 5.73 Å². The Bertz CT molecular complexity index is 396. The molecule has 0 aliphatic carbocycles. The number of anilines is 1. The summed E-state index contributed by atoms with van der Waals surface area (Å²) >= 11 is 1.85. The van der Waals surface area contributed by atoms with Crippen molar-refractivity contribution in [2.75, 3.05) is 5.73 Å². The summed E-state index contributed by atoms with van der Waals surface area (Å²) < 4.78 is 28.7. The Morgan fingerprint density at radius 1 is 1.53 bits per heavy atom. The van der Waals surface area contributed by atoms with Crippen molar-refractivity contribution >= 4 is 34.1 Å². The number of carbonyl (C=O) groups is 1. The van der Waals surface area contributed by atoms with Gasteiger partial charge in [0.25, 0.3) is 0 Å². The van der Waals surface area contributed by atoms with Gasteiger partial charge in [0, 0.05) is 9.13 Å². The fourth-order valence-corrected chi connectivity index (χ4v) is 1.59. The molecule has 0 heterocycles. The van der Waals surface area contributed by atoms with Crippen molar-refractivity contribution in [2.24, 2.45) is 0 Å². The third kappa shape index (κ3) is 3.01. The van der Waals surface area contributed by atoms with E-state index in [1.165, 1.54) is 19.1 Å². The van der Waals surface area contributed by atoms with Gasteiger partial charge in [-0.2, -0.15) is 8.78 Å². The number of ether oxygens (including phenoxy) is 1. The van der Waals surface area contributed by atoms with Gasteiger partial charge in [-0.25, -0.2) is 0 Å². The molecule has 1 aromatic rings. The van der Waals surface area contributed by atoms with Crippen LogP contribution in [-0.2, 0) is 0 Å². The molecule has 2 N–H and O–H groups in total. The highest BCUT2D eigenvalue weighted by atomic mass is 127. The Morgan fingerprint density at radius 2 is 2.13 bits per heavy atom. The fourth-order valence-electron chi connectivity index (χ4n) is 0.989. The van der Waals surface area contributed by atoms with Gasteiger partial charge in [0.15, 0.2) is 11.5 Å². The van der Waals surface area contributed by atoms with E-state index < -0.39 is 6.61 Å². The number of benzene rings is 1. The maximum absolute atomic E-state index is 12.0. The molecule has 1 aromatic carbocycles. The number of ketones is 1. The lowest BCUT2D eigenvalue weighted by Gasteiger charge is -2.10. The molecule has 15 heavy (non-hydrogen) atoms. The van der Waals surface area contributed by atoms with Crippen molar-refractivity contribution < 1.29 is 18.3 Å². The van der Waals surface area contributed by atoms with Crippen molar-refractivity contribution in [1.82, 2.24) is 0 Å². The zero-order valence-corrected chi connectivity index (χ0v) is 9.92. The van der Waals surface area contributed by atoms with E-state index in [0.29, 0.717) is 9.13 Å². The van der Waals surface area contributed by atoms with Crippen LogP contribution >= 0.6 is 22.6 Å². The van der Waals surface area contributed by atoms with Crippen molar-refractivity contribution in [3.63, 3.8) is 0 Å². The molecule has 0 unspecified atom stereocenters. The summed E-state index contributed by atoms with van der Waals surface area (Å²) in [5, 5.41) is 0. The highest BCUT2D eigenvalue weighted by molar-refractivity contribution is 14.1. The Labute approximate surface area is 98.7 Å². The maximum Gasteiger partial charge on any atom is 0.387 e. The molecule has 3 nitrogen and oxygen atoms in total. The molecule has 0 saturated heterocycles. The van der Waals surface area contributed by atoms with Crippen molar-refractivity contribution in [1.29, 1.82) is 0 Å². The normalized spacial score (nSPS) is 10.5. The molecule has 0 bridgehead atoms. The second-order valence-corrected chi connectivity index (χ2v) is 3.97. The fraction of sp³-hybridized carbons (Fsp3) is 0.222. The van der Waals surface area contributed by atoms with Crippen LogP contribution in [0.4, 0.5) is 14.5 Å². The lowest BCUT2D eigenvalue weighted by atomic mass is 10.1. The van der Waals surface area contributed by atoms with E-state index >= 15 is 0 Å². The molecule has 0 aromatic heterocycles. The lowest BCUT2D eigenvalue weighted by molar-refractivity contribution is -0.0494. The van der Waals surface area contributed by atoms with Gasteiger partial charge in [0.05, 0.1) is 5.69 Å². The topological polar surface area (TPSA) is 52.3 Å². The minimum atomic E-state index is -2.95. The first-order valence-electron chi connectivity index (χ1n) is 3.96. The average molecular weight is 327 g/mol. The highest BCUT2D eigenvalue weighted by Gasteiger charge is 2.13. The number of Topliss-reactive ketones (excluding diaryl/α,β-unsaturated/α-hetero) is 1. The lowest BCUT2D eigenvalue weighted by Crippen LogP contribution is -2.07. The second-order valence-electron chi connectivity index (χ2n) is 2.80. The van der Waals surface area contributed by atoms with E-state index in [2.05, 4.69) is 4.74 Å². The van der Waals surface area contributed by atoms with Crippen LogP contribution in [0.15, 0.2) is 12.1 Å². The average Bonchev–Trinajstić information content (AvgIpc) is 2.11. The molecular weight excluding hydrogens is 319 g/mol.